The Bertz CT molecular complexity index is 201. The van der Waals surface area contributed by atoms with Crippen LogP contribution in [0.2, 0.25) is 0 Å². The van der Waals surface area contributed by atoms with Gasteiger partial charge >= 0.3 is 0 Å². The van der Waals surface area contributed by atoms with E-state index >= 15 is 0 Å². The van der Waals surface area contributed by atoms with Crippen LogP contribution >= 0.6 is 0 Å². The van der Waals surface area contributed by atoms with Gasteiger partial charge < -0.3 is 10.2 Å². The van der Waals surface area contributed by atoms with Crippen molar-refractivity contribution in [1.82, 2.24) is 10.2 Å². The normalized spacial score (nSPS) is 38.0. The fraction of sp³-hybridized carbons (Fsp3) is 1.00. The standard InChI is InChI=1S/C16H32N2/c1-4-13-5-9-15(10-6-13)18(3)16-11-7-14(17-2)8-12-16/h13-17H,4-12H2,1-3H3. The number of nitrogens with zero attached hydrogens (tertiary/aromatic N) is 1. The molecule has 0 aromatic carbocycles. The van der Waals surface area contributed by atoms with Crippen molar-refractivity contribution < 1.29 is 0 Å². The average Bonchev–Trinajstić information content (AvgIpc) is 2.47. The highest BCUT2D eigenvalue weighted by Gasteiger charge is 2.29. The zero-order chi connectivity index (χ0) is 13.0. The van der Waals surface area contributed by atoms with Gasteiger partial charge in [0.2, 0.25) is 0 Å². The Morgan fingerprint density at radius 2 is 1.39 bits per heavy atom. The van der Waals surface area contributed by atoms with Gasteiger partial charge in [0.15, 0.2) is 0 Å². The first-order chi connectivity index (χ1) is 8.74. The van der Waals surface area contributed by atoms with Crippen molar-refractivity contribution in [3.63, 3.8) is 0 Å². The molecule has 0 atom stereocenters. The molecule has 2 aliphatic carbocycles. The molecule has 0 aromatic heterocycles. The number of hydrogen-bond donors (Lipinski definition) is 1. The Hall–Kier alpha value is -0.0800. The molecule has 18 heavy (non-hydrogen) atoms. The predicted octanol–water partition coefficient (Wildman–Crippen LogP) is 3.42. The topological polar surface area (TPSA) is 15.3 Å². The van der Waals surface area contributed by atoms with E-state index in [-0.39, 0.29) is 0 Å². The monoisotopic (exact) mass is 252 g/mol. The van der Waals surface area contributed by atoms with Crippen LogP contribution in [-0.4, -0.2) is 37.1 Å². The summed E-state index contributed by atoms with van der Waals surface area (Å²) in [5, 5.41) is 3.44. The van der Waals surface area contributed by atoms with Crippen molar-refractivity contribution >= 4 is 0 Å². The molecule has 1 N–H and O–H groups in total. The third kappa shape index (κ3) is 3.48. The Balaban J connectivity index is 1.76. The molecule has 0 bridgehead atoms. The van der Waals surface area contributed by atoms with Gasteiger partial charge in [-0.1, -0.05) is 13.3 Å². The lowest BCUT2D eigenvalue weighted by molar-refractivity contribution is 0.0913. The molecule has 0 radical (unpaired) electrons. The summed E-state index contributed by atoms with van der Waals surface area (Å²) in [5.74, 6) is 1.02. The molecule has 0 unspecified atom stereocenters. The van der Waals surface area contributed by atoms with Gasteiger partial charge in [0, 0.05) is 18.1 Å². The molecule has 2 saturated carbocycles. The molecule has 106 valence electrons. The molecule has 0 aliphatic heterocycles. The van der Waals surface area contributed by atoms with Crippen molar-refractivity contribution in [3.05, 3.63) is 0 Å². The van der Waals surface area contributed by atoms with E-state index in [2.05, 4.69) is 31.2 Å². The molecule has 0 spiro atoms. The predicted molar refractivity (Wildman–Crippen MR) is 78.9 cm³/mol. The molecule has 0 aromatic rings. The first-order valence-corrected chi connectivity index (χ1v) is 8.13. The van der Waals surface area contributed by atoms with Crippen molar-refractivity contribution in [1.29, 1.82) is 0 Å². The highest BCUT2D eigenvalue weighted by atomic mass is 15.2. The van der Waals surface area contributed by atoms with Crippen LogP contribution in [0.15, 0.2) is 0 Å². The van der Waals surface area contributed by atoms with Crippen LogP contribution in [0, 0.1) is 5.92 Å². The number of rotatable bonds is 4. The molecule has 2 rings (SSSR count). The third-order valence-electron chi connectivity index (χ3n) is 5.65. The quantitative estimate of drug-likeness (QED) is 0.825. The van der Waals surface area contributed by atoms with Crippen LogP contribution < -0.4 is 5.32 Å². The molecule has 2 heteroatoms. The van der Waals surface area contributed by atoms with Gasteiger partial charge in [-0.3, -0.25) is 0 Å². The van der Waals surface area contributed by atoms with E-state index < -0.39 is 0 Å². The van der Waals surface area contributed by atoms with Crippen molar-refractivity contribution in [2.75, 3.05) is 14.1 Å². The molecule has 0 amide bonds. The van der Waals surface area contributed by atoms with Gasteiger partial charge in [-0.15, -0.1) is 0 Å². The van der Waals surface area contributed by atoms with Gasteiger partial charge in [0.25, 0.3) is 0 Å². The van der Waals surface area contributed by atoms with Crippen LogP contribution in [-0.2, 0) is 0 Å². The zero-order valence-corrected chi connectivity index (χ0v) is 12.6. The van der Waals surface area contributed by atoms with E-state index in [9.17, 15) is 0 Å². The zero-order valence-electron chi connectivity index (χ0n) is 12.6. The summed E-state index contributed by atoms with van der Waals surface area (Å²) in [6.07, 6.45) is 12.8. The van der Waals surface area contributed by atoms with E-state index in [1.807, 2.05) is 0 Å². The molecule has 0 saturated heterocycles. The lowest BCUT2D eigenvalue weighted by atomic mass is 9.82. The molecular weight excluding hydrogens is 220 g/mol. The van der Waals surface area contributed by atoms with Crippen LogP contribution in [0.3, 0.4) is 0 Å². The Labute approximate surface area is 114 Å². The smallest absolute Gasteiger partial charge is 0.00963 e. The SMILES string of the molecule is CCC1CCC(N(C)C2CCC(NC)CC2)CC1. The molecule has 0 heterocycles. The first-order valence-electron chi connectivity index (χ1n) is 8.13. The van der Waals surface area contributed by atoms with Crippen LogP contribution in [0.4, 0.5) is 0 Å². The van der Waals surface area contributed by atoms with Crippen LogP contribution in [0.25, 0.3) is 0 Å². The second-order valence-corrected chi connectivity index (χ2v) is 6.54. The summed E-state index contributed by atoms with van der Waals surface area (Å²) in [7, 11) is 4.50. The van der Waals surface area contributed by atoms with Gasteiger partial charge in [0.1, 0.15) is 0 Å². The minimum Gasteiger partial charge on any atom is -0.317 e. The maximum atomic E-state index is 3.44. The first kappa shape index (κ1) is 14.3. The van der Waals surface area contributed by atoms with Crippen LogP contribution in [0.1, 0.15) is 64.7 Å². The van der Waals surface area contributed by atoms with E-state index in [4.69, 9.17) is 0 Å². The molecule has 2 nitrogen and oxygen atoms in total. The summed E-state index contributed by atoms with van der Waals surface area (Å²) in [6, 6.07) is 2.52. The summed E-state index contributed by atoms with van der Waals surface area (Å²) < 4.78 is 0. The third-order valence-corrected chi connectivity index (χ3v) is 5.65. The van der Waals surface area contributed by atoms with Gasteiger partial charge in [-0.05, 0) is 71.4 Å². The minimum atomic E-state index is 0.783. The number of nitrogens with one attached hydrogen (secondary N) is 1. The van der Waals surface area contributed by atoms with E-state index in [0.29, 0.717) is 0 Å². The summed E-state index contributed by atoms with van der Waals surface area (Å²) in [6.45, 7) is 2.35. The second kappa shape index (κ2) is 6.91. The molecule has 2 aliphatic rings. The second-order valence-electron chi connectivity index (χ2n) is 6.54. The van der Waals surface area contributed by atoms with Crippen molar-refractivity contribution in [2.24, 2.45) is 5.92 Å². The molecule has 2 fully saturated rings. The Kier molecular flexibility index (Phi) is 5.50. The van der Waals surface area contributed by atoms with E-state index in [1.54, 1.807) is 0 Å². The lowest BCUT2D eigenvalue weighted by Gasteiger charge is -2.41. The van der Waals surface area contributed by atoms with Crippen molar-refractivity contribution in [3.8, 4) is 0 Å². The summed E-state index contributed by atoms with van der Waals surface area (Å²) in [5.41, 5.74) is 0. The summed E-state index contributed by atoms with van der Waals surface area (Å²) >= 11 is 0. The number of hydrogen-bond acceptors (Lipinski definition) is 2. The van der Waals surface area contributed by atoms with Crippen LogP contribution in [0.5, 0.6) is 0 Å². The summed E-state index contributed by atoms with van der Waals surface area (Å²) in [4.78, 5) is 2.73. The van der Waals surface area contributed by atoms with Crippen molar-refractivity contribution in [2.45, 2.75) is 82.8 Å². The highest BCUT2D eigenvalue weighted by molar-refractivity contribution is 4.86. The minimum absolute atomic E-state index is 0.783. The largest absolute Gasteiger partial charge is 0.317 e. The fourth-order valence-electron chi connectivity index (χ4n) is 4.03. The maximum Gasteiger partial charge on any atom is 0.00963 e. The highest BCUT2D eigenvalue weighted by Crippen LogP contribution is 2.32. The fourth-order valence-corrected chi connectivity index (χ4v) is 4.03. The van der Waals surface area contributed by atoms with Gasteiger partial charge in [0.05, 0.1) is 0 Å². The average molecular weight is 252 g/mol. The maximum absolute atomic E-state index is 3.44. The van der Waals surface area contributed by atoms with Gasteiger partial charge in [-0.2, -0.15) is 0 Å². The Morgan fingerprint density at radius 3 is 1.83 bits per heavy atom. The van der Waals surface area contributed by atoms with E-state index in [1.165, 1.54) is 57.8 Å². The molecular formula is C16H32N2. The van der Waals surface area contributed by atoms with Gasteiger partial charge in [-0.25, -0.2) is 0 Å². The Morgan fingerprint density at radius 1 is 0.889 bits per heavy atom. The van der Waals surface area contributed by atoms with E-state index in [0.717, 1.165) is 24.0 Å². The lowest BCUT2D eigenvalue weighted by Crippen LogP contribution is -2.45.